The normalized spacial score (nSPS) is 10.7. The van der Waals surface area contributed by atoms with Crippen LogP contribution in [-0.2, 0) is 0 Å². The van der Waals surface area contributed by atoms with Gasteiger partial charge >= 0.3 is 0 Å². The van der Waals surface area contributed by atoms with Crippen molar-refractivity contribution in [3.63, 3.8) is 0 Å². The van der Waals surface area contributed by atoms with Gasteiger partial charge in [0.25, 0.3) is 0 Å². The van der Waals surface area contributed by atoms with Crippen molar-refractivity contribution in [3.05, 3.63) is 35.0 Å². The minimum atomic E-state index is 0.570. The highest BCUT2D eigenvalue weighted by Gasteiger charge is 2.12. The monoisotopic (exact) mass is 303 g/mol. The summed E-state index contributed by atoms with van der Waals surface area (Å²) < 4.78 is 0. The van der Waals surface area contributed by atoms with E-state index in [1.165, 1.54) is 22.7 Å². The molecular formula is C13H13N5S2. The van der Waals surface area contributed by atoms with E-state index >= 15 is 0 Å². The van der Waals surface area contributed by atoms with E-state index in [4.69, 9.17) is 5.73 Å². The first-order valence-electron chi connectivity index (χ1n) is 6.00. The molecule has 3 heterocycles. The molecule has 0 spiro atoms. The van der Waals surface area contributed by atoms with Crippen LogP contribution in [0.1, 0.15) is 11.3 Å². The summed E-state index contributed by atoms with van der Waals surface area (Å²) in [5.41, 5.74) is 8.69. The quantitative estimate of drug-likeness (QED) is 0.773. The Kier molecular flexibility index (Phi) is 3.37. The average molecular weight is 303 g/mol. The Labute approximate surface area is 124 Å². The standard InChI is InChI=1S/C13H13N5S2/c1-7-3-4-15-10(5-7)18-13-17-9(6-19-13)11-8(2)16-12(14)20-11/h3-6H,1-2H3,(H2,14,16)(H,15,17,18). The van der Waals surface area contributed by atoms with Gasteiger partial charge in [0.1, 0.15) is 5.82 Å². The van der Waals surface area contributed by atoms with E-state index < -0.39 is 0 Å². The Morgan fingerprint density at radius 3 is 2.80 bits per heavy atom. The zero-order valence-corrected chi connectivity index (χ0v) is 12.7. The van der Waals surface area contributed by atoms with Crippen molar-refractivity contribution in [1.82, 2.24) is 15.0 Å². The molecule has 3 N–H and O–H groups in total. The van der Waals surface area contributed by atoms with Crippen LogP contribution in [0.2, 0.25) is 0 Å². The fourth-order valence-electron chi connectivity index (χ4n) is 1.80. The zero-order valence-electron chi connectivity index (χ0n) is 11.0. The summed E-state index contributed by atoms with van der Waals surface area (Å²) >= 11 is 3.00. The first-order chi connectivity index (χ1) is 9.61. The number of nitrogens with two attached hydrogens (primary N) is 1. The molecule has 0 fully saturated rings. The lowest BCUT2D eigenvalue weighted by Crippen LogP contribution is -1.92. The number of aromatic nitrogens is 3. The molecule has 3 rings (SSSR count). The van der Waals surface area contributed by atoms with E-state index in [0.29, 0.717) is 5.13 Å². The Balaban J connectivity index is 1.85. The predicted octanol–water partition coefficient (Wildman–Crippen LogP) is 3.60. The van der Waals surface area contributed by atoms with E-state index in [2.05, 4.69) is 20.3 Å². The number of hydrogen-bond acceptors (Lipinski definition) is 7. The summed E-state index contributed by atoms with van der Waals surface area (Å²) in [7, 11) is 0. The summed E-state index contributed by atoms with van der Waals surface area (Å²) in [5, 5.41) is 6.59. The maximum Gasteiger partial charge on any atom is 0.188 e. The fourth-order valence-corrected chi connectivity index (χ4v) is 3.38. The molecule has 0 amide bonds. The van der Waals surface area contributed by atoms with Crippen molar-refractivity contribution in [2.24, 2.45) is 0 Å². The van der Waals surface area contributed by atoms with Gasteiger partial charge in [-0.05, 0) is 31.5 Å². The Hall–Kier alpha value is -1.99. The second kappa shape index (κ2) is 5.18. The van der Waals surface area contributed by atoms with Crippen LogP contribution >= 0.6 is 22.7 Å². The molecule has 0 aliphatic rings. The maximum absolute atomic E-state index is 5.72. The zero-order chi connectivity index (χ0) is 14.1. The molecule has 0 bridgehead atoms. The number of anilines is 3. The Bertz CT molecular complexity index is 747. The number of aryl methyl sites for hydroxylation is 2. The molecule has 3 aromatic rings. The van der Waals surface area contributed by atoms with Gasteiger partial charge in [0.05, 0.1) is 16.3 Å². The van der Waals surface area contributed by atoms with Crippen molar-refractivity contribution in [1.29, 1.82) is 0 Å². The fraction of sp³-hybridized carbons (Fsp3) is 0.154. The van der Waals surface area contributed by atoms with Gasteiger partial charge in [-0.2, -0.15) is 0 Å². The minimum absolute atomic E-state index is 0.570. The van der Waals surface area contributed by atoms with Gasteiger partial charge in [-0.1, -0.05) is 11.3 Å². The molecule has 0 aliphatic carbocycles. The summed E-state index contributed by atoms with van der Waals surface area (Å²) in [6, 6.07) is 3.94. The highest BCUT2D eigenvalue weighted by molar-refractivity contribution is 7.19. The van der Waals surface area contributed by atoms with Gasteiger partial charge in [-0.3, -0.25) is 0 Å². The number of rotatable bonds is 3. The third kappa shape index (κ3) is 2.63. The molecule has 3 aromatic heterocycles. The van der Waals surface area contributed by atoms with E-state index in [9.17, 15) is 0 Å². The second-order valence-electron chi connectivity index (χ2n) is 4.35. The highest BCUT2D eigenvalue weighted by Crippen LogP contribution is 2.33. The lowest BCUT2D eigenvalue weighted by atomic mass is 10.3. The number of pyridine rings is 1. The number of thiazole rings is 2. The lowest BCUT2D eigenvalue weighted by molar-refractivity contribution is 1.25. The predicted molar refractivity (Wildman–Crippen MR) is 84.6 cm³/mol. The topological polar surface area (TPSA) is 76.7 Å². The Morgan fingerprint density at radius 2 is 2.10 bits per heavy atom. The molecule has 102 valence electrons. The van der Waals surface area contributed by atoms with E-state index in [1.807, 2.05) is 31.4 Å². The van der Waals surface area contributed by atoms with Crippen LogP contribution in [0, 0.1) is 13.8 Å². The van der Waals surface area contributed by atoms with Crippen LogP contribution in [0.5, 0.6) is 0 Å². The number of nitrogens with one attached hydrogen (secondary N) is 1. The summed E-state index contributed by atoms with van der Waals surface area (Å²) in [6.45, 7) is 3.97. The van der Waals surface area contributed by atoms with Crippen LogP contribution in [0.3, 0.4) is 0 Å². The number of nitrogens with zero attached hydrogens (tertiary/aromatic N) is 3. The van der Waals surface area contributed by atoms with E-state index in [-0.39, 0.29) is 0 Å². The molecule has 0 atom stereocenters. The molecule has 0 aromatic carbocycles. The first-order valence-corrected chi connectivity index (χ1v) is 7.70. The molecule has 0 saturated carbocycles. The molecule has 5 nitrogen and oxygen atoms in total. The molecule has 0 radical (unpaired) electrons. The molecule has 0 saturated heterocycles. The third-order valence-electron chi connectivity index (χ3n) is 2.70. The van der Waals surface area contributed by atoms with Crippen molar-refractivity contribution in [2.75, 3.05) is 11.1 Å². The van der Waals surface area contributed by atoms with Crippen LogP contribution in [0.25, 0.3) is 10.6 Å². The van der Waals surface area contributed by atoms with Crippen LogP contribution in [-0.4, -0.2) is 15.0 Å². The SMILES string of the molecule is Cc1ccnc(Nc2nc(-c3sc(N)nc3C)cs2)c1. The summed E-state index contributed by atoms with van der Waals surface area (Å²) in [6.07, 6.45) is 1.78. The van der Waals surface area contributed by atoms with E-state index in [0.717, 1.165) is 32.8 Å². The lowest BCUT2D eigenvalue weighted by Gasteiger charge is -2.01. The molecule has 20 heavy (non-hydrogen) atoms. The molecule has 0 aliphatic heterocycles. The maximum atomic E-state index is 5.72. The number of nitrogen functional groups attached to an aromatic ring is 1. The smallest absolute Gasteiger partial charge is 0.188 e. The van der Waals surface area contributed by atoms with Crippen molar-refractivity contribution < 1.29 is 0 Å². The molecule has 7 heteroatoms. The summed E-state index contributed by atoms with van der Waals surface area (Å²) in [4.78, 5) is 14.1. The van der Waals surface area contributed by atoms with Gasteiger partial charge in [0.15, 0.2) is 10.3 Å². The van der Waals surface area contributed by atoms with Crippen LogP contribution in [0.15, 0.2) is 23.7 Å². The van der Waals surface area contributed by atoms with Gasteiger partial charge in [-0.15, -0.1) is 11.3 Å². The van der Waals surface area contributed by atoms with Gasteiger partial charge in [-0.25, -0.2) is 15.0 Å². The van der Waals surface area contributed by atoms with Crippen LogP contribution < -0.4 is 11.1 Å². The third-order valence-corrected chi connectivity index (χ3v) is 4.47. The van der Waals surface area contributed by atoms with Crippen LogP contribution in [0.4, 0.5) is 16.1 Å². The van der Waals surface area contributed by atoms with Crippen molar-refractivity contribution in [2.45, 2.75) is 13.8 Å². The molecule has 0 unspecified atom stereocenters. The van der Waals surface area contributed by atoms with Gasteiger partial charge in [0.2, 0.25) is 0 Å². The van der Waals surface area contributed by atoms with Crippen molar-refractivity contribution in [3.8, 4) is 10.6 Å². The van der Waals surface area contributed by atoms with Gasteiger partial charge in [0, 0.05) is 11.6 Å². The minimum Gasteiger partial charge on any atom is -0.375 e. The Morgan fingerprint density at radius 1 is 1.25 bits per heavy atom. The largest absolute Gasteiger partial charge is 0.375 e. The molecular weight excluding hydrogens is 290 g/mol. The summed E-state index contributed by atoms with van der Waals surface area (Å²) in [5.74, 6) is 0.798. The van der Waals surface area contributed by atoms with Gasteiger partial charge < -0.3 is 11.1 Å². The first kappa shape index (κ1) is 13.0. The van der Waals surface area contributed by atoms with Crippen molar-refractivity contribution >= 4 is 38.8 Å². The second-order valence-corrected chi connectivity index (χ2v) is 6.24. The average Bonchev–Trinajstić information content (AvgIpc) is 2.96. The highest BCUT2D eigenvalue weighted by atomic mass is 32.1. The number of hydrogen-bond donors (Lipinski definition) is 2. The van der Waals surface area contributed by atoms with E-state index in [1.54, 1.807) is 6.20 Å².